The Hall–Kier alpha value is -2.69. The van der Waals surface area contributed by atoms with Crippen LogP contribution in [-0.4, -0.2) is 87.1 Å². The molecule has 2 aliphatic rings. The van der Waals surface area contributed by atoms with Crippen molar-refractivity contribution >= 4 is 10.9 Å². The van der Waals surface area contributed by atoms with Crippen molar-refractivity contribution in [2.24, 2.45) is 0 Å². The third-order valence-corrected chi connectivity index (χ3v) is 7.27. The Morgan fingerprint density at radius 1 is 1.19 bits per heavy atom. The number of aliphatic hydroxyl groups is 1. The summed E-state index contributed by atoms with van der Waals surface area (Å²) in [5.41, 5.74) is 2.86. The number of halogens is 3. The van der Waals surface area contributed by atoms with Crippen LogP contribution in [-0.2, 0) is 6.42 Å². The Morgan fingerprint density at radius 2 is 2.00 bits per heavy atom. The van der Waals surface area contributed by atoms with Crippen LogP contribution >= 0.6 is 0 Å². The first-order valence-electron chi connectivity index (χ1n) is 12.3. The molecular formula is C26H32F3N5O2. The Balaban J connectivity index is 1.45. The number of pyridine rings is 1. The maximum Gasteiger partial charge on any atom is 0.283 e. The standard InChI is InChI=1S/C26H32F3N5O2/c1-25(2)10-20-19(5-7-22-21(20)12-31-32-22)24(34(25)15-26(28,29)16-35)23-6-4-17(11-30-23)36-18-13-33(14-18)9-3-8-27/h4-7,11-12,18,24,35H,3,8-10,13-16H2,1-2H3,(H,31,32)/t24-/m0/s1. The first-order chi connectivity index (χ1) is 17.2. The molecule has 3 aromatic rings. The van der Waals surface area contributed by atoms with E-state index >= 15 is 0 Å². The van der Waals surface area contributed by atoms with Gasteiger partial charge in [-0.25, -0.2) is 8.78 Å². The second-order valence-electron chi connectivity index (χ2n) is 10.5. The molecule has 2 N–H and O–H groups in total. The zero-order chi connectivity index (χ0) is 25.5. The number of aromatic amines is 1. The minimum atomic E-state index is -3.26. The van der Waals surface area contributed by atoms with Crippen LogP contribution in [0.5, 0.6) is 5.75 Å². The molecule has 0 saturated carbocycles. The lowest BCUT2D eigenvalue weighted by molar-refractivity contribution is -0.0999. The van der Waals surface area contributed by atoms with Crippen LogP contribution in [0.15, 0.2) is 36.7 Å². The van der Waals surface area contributed by atoms with Gasteiger partial charge in [-0.05, 0) is 56.0 Å². The Kier molecular flexibility index (Phi) is 6.69. The van der Waals surface area contributed by atoms with Gasteiger partial charge in [0.1, 0.15) is 18.5 Å². The van der Waals surface area contributed by atoms with Crippen molar-refractivity contribution < 1.29 is 23.0 Å². The van der Waals surface area contributed by atoms with Crippen LogP contribution in [0.25, 0.3) is 10.9 Å². The number of likely N-dealkylation sites (tertiary alicyclic amines) is 1. The van der Waals surface area contributed by atoms with Crippen molar-refractivity contribution in [3.63, 3.8) is 0 Å². The van der Waals surface area contributed by atoms with Crippen molar-refractivity contribution in [3.05, 3.63) is 53.5 Å². The van der Waals surface area contributed by atoms with E-state index in [1.807, 2.05) is 38.1 Å². The molecule has 0 spiro atoms. The maximum atomic E-state index is 14.5. The number of H-pyrrole nitrogens is 1. The number of benzene rings is 1. The molecule has 0 amide bonds. The summed E-state index contributed by atoms with van der Waals surface area (Å²) in [7, 11) is 0. The van der Waals surface area contributed by atoms with E-state index in [4.69, 9.17) is 4.74 Å². The third kappa shape index (κ3) is 4.81. The van der Waals surface area contributed by atoms with E-state index in [0.717, 1.165) is 41.7 Å². The van der Waals surface area contributed by atoms with Crippen molar-refractivity contribution in [2.75, 3.05) is 39.5 Å². The van der Waals surface area contributed by atoms with Crippen molar-refractivity contribution in [1.82, 2.24) is 25.0 Å². The van der Waals surface area contributed by atoms with Gasteiger partial charge in [0.25, 0.3) is 5.92 Å². The summed E-state index contributed by atoms with van der Waals surface area (Å²) >= 11 is 0. The molecule has 5 rings (SSSR count). The topological polar surface area (TPSA) is 77.5 Å². The van der Waals surface area contributed by atoms with Gasteiger partial charge in [0.15, 0.2) is 0 Å². The number of alkyl halides is 3. The van der Waals surface area contributed by atoms with Crippen LogP contribution < -0.4 is 4.74 Å². The molecule has 1 saturated heterocycles. The van der Waals surface area contributed by atoms with E-state index in [-0.39, 0.29) is 12.8 Å². The molecule has 194 valence electrons. The fraction of sp³-hybridized carbons (Fsp3) is 0.538. The van der Waals surface area contributed by atoms with E-state index < -0.39 is 30.7 Å². The molecule has 0 unspecified atom stereocenters. The number of rotatable bonds is 9. The Morgan fingerprint density at radius 3 is 2.69 bits per heavy atom. The fourth-order valence-electron chi connectivity index (χ4n) is 5.40. The number of ether oxygens (including phenoxy) is 1. The minimum Gasteiger partial charge on any atom is -0.486 e. The summed E-state index contributed by atoms with van der Waals surface area (Å²) in [6.07, 6.45) is 4.53. The van der Waals surface area contributed by atoms with Crippen LogP contribution in [0.4, 0.5) is 13.2 Å². The molecule has 2 aliphatic heterocycles. The van der Waals surface area contributed by atoms with Gasteiger partial charge in [-0.2, -0.15) is 5.10 Å². The summed E-state index contributed by atoms with van der Waals surface area (Å²) in [5, 5.41) is 17.5. The van der Waals surface area contributed by atoms with E-state index in [2.05, 4.69) is 20.1 Å². The molecule has 1 aromatic carbocycles. The predicted molar refractivity (Wildman–Crippen MR) is 130 cm³/mol. The van der Waals surface area contributed by atoms with Gasteiger partial charge in [-0.15, -0.1) is 0 Å². The summed E-state index contributed by atoms with van der Waals surface area (Å²) in [5.74, 6) is -2.64. The molecule has 7 nitrogen and oxygen atoms in total. The average Bonchev–Trinajstić information content (AvgIpc) is 3.31. The number of aliphatic hydroxyl groups excluding tert-OH is 1. The monoisotopic (exact) mass is 503 g/mol. The molecule has 1 atom stereocenters. The molecule has 2 aromatic heterocycles. The molecule has 0 aliphatic carbocycles. The van der Waals surface area contributed by atoms with Gasteiger partial charge < -0.3 is 9.84 Å². The fourth-order valence-corrected chi connectivity index (χ4v) is 5.40. The molecule has 4 heterocycles. The highest BCUT2D eigenvalue weighted by Gasteiger charge is 2.46. The molecular weight excluding hydrogens is 471 g/mol. The normalized spacial score (nSPS) is 20.9. The van der Waals surface area contributed by atoms with E-state index in [1.54, 1.807) is 17.3 Å². The summed E-state index contributed by atoms with van der Waals surface area (Å²) in [6.45, 7) is 3.97. The van der Waals surface area contributed by atoms with Gasteiger partial charge >= 0.3 is 0 Å². The molecule has 1 fully saturated rings. The average molecular weight is 504 g/mol. The maximum absolute atomic E-state index is 14.5. The van der Waals surface area contributed by atoms with Crippen LogP contribution in [0.2, 0.25) is 0 Å². The number of fused-ring (bicyclic) bond motifs is 3. The van der Waals surface area contributed by atoms with Gasteiger partial charge in [0, 0.05) is 30.6 Å². The van der Waals surface area contributed by atoms with Crippen molar-refractivity contribution in [3.8, 4) is 5.75 Å². The smallest absolute Gasteiger partial charge is 0.283 e. The predicted octanol–water partition coefficient (Wildman–Crippen LogP) is 3.73. The number of nitrogens with one attached hydrogen (secondary N) is 1. The largest absolute Gasteiger partial charge is 0.486 e. The number of hydrogen-bond donors (Lipinski definition) is 2. The van der Waals surface area contributed by atoms with E-state index in [0.29, 0.717) is 24.3 Å². The van der Waals surface area contributed by atoms with Gasteiger partial charge in [0.05, 0.1) is 42.9 Å². The highest BCUT2D eigenvalue weighted by Crippen LogP contribution is 2.45. The highest BCUT2D eigenvalue weighted by atomic mass is 19.3. The first-order valence-corrected chi connectivity index (χ1v) is 12.3. The van der Waals surface area contributed by atoms with Gasteiger partial charge in [-0.1, -0.05) is 6.07 Å². The van der Waals surface area contributed by atoms with Gasteiger partial charge in [0.2, 0.25) is 0 Å². The van der Waals surface area contributed by atoms with Crippen molar-refractivity contribution in [1.29, 1.82) is 0 Å². The highest BCUT2D eigenvalue weighted by molar-refractivity contribution is 5.83. The zero-order valence-electron chi connectivity index (χ0n) is 20.6. The van der Waals surface area contributed by atoms with Crippen molar-refractivity contribution in [2.45, 2.75) is 50.3 Å². The summed E-state index contributed by atoms with van der Waals surface area (Å²) in [6, 6.07) is 6.99. The first kappa shape index (κ1) is 25.0. The second-order valence-corrected chi connectivity index (χ2v) is 10.5. The van der Waals surface area contributed by atoms with Crippen LogP contribution in [0, 0.1) is 0 Å². The number of nitrogens with zero attached hydrogens (tertiary/aromatic N) is 4. The summed E-state index contributed by atoms with van der Waals surface area (Å²) in [4.78, 5) is 8.55. The number of aromatic nitrogens is 3. The lowest BCUT2D eigenvalue weighted by Crippen LogP contribution is -2.56. The molecule has 0 bridgehead atoms. The molecule has 36 heavy (non-hydrogen) atoms. The lowest BCUT2D eigenvalue weighted by Gasteiger charge is -2.49. The van der Waals surface area contributed by atoms with Crippen LogP contribution in [0.3, 0.4) is 0 Å². The zero-order valence-corrected chi connectivity index (χ0v) is 20.6. The summed E-state index contributed by atoms with van der Waals surface area (Å²) < 4.78 is 47.4. The van der Waals surface area contributed by atoms with E-state index in [9.17, 15) is 18.3 Å². The van der Waals surface area contributed by atoms with Gasteiger partial charge in [-0.3, -0.25) is 24.3 Å². The Labute approximate surface area is 208 Å². The quantitative estimate of drug-likeness (QED) is 0.464. The SMILES string of the molecule is CC1(C)Cc2c(ccc3[nH]ncc23)[C@@H](c2ccc(OC3CN(CCCF)C3)cn2)N1CC(F)(F)CO. The molecule has 10 heteroatoms. The number of hydrogen-bond acceptors (Lipinski definition) is 6. The third-order valence-electron chi connectivity index (χ3n) is 7.27. The lowest BCUT2D eigenvalue weighted by atomic mass is 9.78. The Bertz CT molecular complexity index is 1190. The molecule has 0 radical (unpaired) electrons. The minimum absolute atomic E-state index is 0.0284. The van der Waals surface area contributed by atoms with E-state index in [1.165, 1.54) is 0 Å². The van der Waals surface area contributed by atoms with Crippen LogP contribution in [0.1, 0.15) is 43.1 Å². The second kappa shape index (κ2) is 9.64.